The molecule has 0 saturated carbocycles. The topological polar surface area (TPSA) is 26.3 Å². The van der Waals surface area contributed by atoms with Gasteiger partial charge < -0.3 is 4.74 Å². The van der Waals surface area contributed by atoms with E-state index in [9.17, 15) is 4.79 Å². The fraction of sp³-hybridized carbons (Fsp3) is 0.458. The molecule has 2 aromatic carbocycles. The Bertz CT molecular complexity index is 790. The summed E-state index contributed by atoms with van der Waals surface area (Å²) >= 11 is 0. The smallest absolute Gasteiger partial charge is 0.318 e. The van der Waals surface area contributed by atoms with Crippen molar-refractivity contribution in [2.45, 2.75) is 72.1 Å². The minimum Gasteiger partial charge on any atom is -0.425 e. The molecular weight excluding hydrogens is 320 g/mol. The highest BCUT2D eigenvalue weighted by Crippen LogP contribution is 2.48. The third-order valence-electron chi connectivity index (χ3n) is 5.67. The van der Waals surface area contributed by atoms with Crippen LogP contribution in [0.2, 0.25) is 0 Å². The average molecular weight is 351 g/mol. The summed E-state index contributed by atoms with van der Waals surface area (Å²) < 4.78 is 5.80. The molecule has 2 nitrogen and oxygen atoms in total. The molecule has 138 valence electrons. The van der Waals surface area contributed by atoms with Crippen molar-refractivity contribution in [3.05, 3.63) is 52.6 Å². The summed E-state index contributed by atoms with van der Waals surface area (Å²) in [5.74, 6) is 0.692. The van der Waals surface area contributed by atoms with Crippen molar-refractivity contribution in [3.63, 3.8) is 0 Å². The highest BCUT2D eigenvalue weighted by Gasteiger charge is 2.38. The van der Waals surface area contributed by atoms with Gasteiger partial charge in [0.1, 0.15) is 5.75 Å². The Hall–Kier alpha value is -2.09. The summed E-state index contributed by atoms with van der Waals surface area (Å²) in [7, 11) is 0. The third-order valence-corrected chi connectivity index (χ3v) is 5.67. The summed E-state index contributed by atoms with van der Waals surface area (Å²) in [6, 6.07) is 10.6. The zero-order valence-electron chi connectivity index (χ0n) is 16.5. The van der Waals surface area contributed by atoms with Gasteiger partial charge in [-0.25, -0.2) is 0 Å². The van der Waals surface area contributed by atoms with Gasteiger partial charge in [0.15, 0.2) is 0 Å². The van der Waals surface area contributed by atoms with Gasteiger partial charge in [0.2, 0.25) is 0 Å². The second kappa shape index (κ2) is 8.07. The van der Waals surface area contributed by atoms with Crippen LogP contribution in [0.3, 0.4) is 0 Å². The molecule has 0 bridgehead atoms. The standard InChI is InChI=1S/C24H30O2/c1-5-7-14-19-21(18-12-10-9-11-13-18)16(3)17(4)23-22(19)20(15-8-6-2)24(25)26-23/h9-13,20H,5-8,14-15H2,1-4H3. The maximum absolute atomic E-state index is 12.7. The number of hydrogen-bond donors (Lipinski definition) is 0. The minimum absolute atomic E-state index is 0.0566. The fourth-order valence-corrected chi connectivity index (χ4v) is 4.13. The number of esters is 1. The van der Waals surface area contributed by atoms with Gasteiger partial charge in [0.25, 0.3) is 0 Å². The highest BCUT2D eigenvalue weighted by molar-refractivity contribution is 5.90. The molecule has 3 rings (SSSR count). The number of carbonyl (C=O) groups is 1. The van der Waals surface area contributed by atoms with Crippen molar-refractivity contribution in [3.8, 4) is 16.9 Å². The van der Waals surface area contributed by atoms with Crippen molar-refractivity contribution >= 4 is 5.97 Å². The SMILES string of the molecule is CCCCc1c(-c2ccccc2)c(C)c(C)c2c1C(CCCC)C(=O)O2. The molecule has 0 saturated heterocycles. The van der Waals surface area contributed by atoms with Crippen LogP contribution in [-0.4, -0.2) is 5.97 Å². The lowest BCUT2D eigenvalue weighted by atomic mass is 9.81. The van der Waals surface area contributed by atoms with Crippen molar-refractivity contribution in [1.29, 1.82) is 0 Å². The van der Waals surface area contributed by atoms with Crippen molar-refractivity contribution in [2.24, 2.45) is 0 Å². The van der Waals surface area contributed by atoms with Gasteiger partial charge in [-0.15, -0.1) is 0 Å². The molecular formula is C24H30O2. The summed E-state index contributed by atoms with van der Waals surface area (Å²) in [4.78, 5) is 12.7. The lowest BCUT2D eigenvalue weighted by molar-refractivity contribution is -0.134. The first-order valence-corrected chi connectivity index (χ1v) is 10.0. The van der Waals surface area contributed by atoms with Crippen LogP contribution in [0, 0.1) is 13.8 Å². The first-order valence-electron chi connectivity index (χ1n) is 10.0. The van der Waals surface area contributed by atoms with E-state index in [0.717, 1.165) is 49.8 Å². The Balaban J connectivity index is 2.24. The molecule has 0 aliphatic carbocycles. The molecule has 1 heterocycles. The summed E-state index contributed by atoms with van der Waals surface area (Å²) in [5.41, 5.74) is 7.43. The third kappa shape index (κ3) is 3.30. The minimum atomic E-state index is -0.0985. The lowest BCUT2D eigenvalue weighted by Crippen LogP contribution is -2.11. The molecule has 0 aromatic heterocycles. The van der Waals surface area contributed by atoms with Gasteiger partial charge >= 0.3 is 5.97 Å². The van der Waals surface area contributed by atoms with E-state index in [1.807, 2.05) is 0 Å². The van der Waals surface area contributed by atoms with Gasteiger partial charge in [-0.05, 0) is 60.9 Å². The molecule has 1 aliphatic heterocycles. The van der Waals surface area contributed by atoms with E-state index in [2.05, 4.69) is 58.0 Å². The van der Waals surface area contributed by atoms with Gasteiger partial charge in [-0.2, -0.15) is 0 Å². The molecule has 0 radical (unpaired) electrons. The van der Waals surface area contributed by atoms with E-state index in [-0.39, 0.29) is 11.9 Å². The van der Waals surface area contributed by atoms with Crippen LogP contribution in [0.1, 0.15) is 74.1 Å². The Morgan fingerprint density at radius 3 is 2.31 bits per heavy atom. The fourth-order valence-electron chi connectivity index (χ4n) is 4.13. The first-order chi connectivity index (χ1) is 12.6. The summed E-state index contributed by atoms with van der Waals surface area (Å²) in [5, 5.41) is 0. The molecule has 0 N–H and O–H groups in total. The number of carbonyl (C=O) groups excluding carboxylic acids is 1. The van der Waals surface area contributed by atoms with E-state index < -0.39 is 0 Å². The number of rotatable bonds is 7. The van der Waals surface area contributed by atoms with Gasteiger partial charge in [0.05, 0.1) is 5.92 Å². The van der Waals surface area contributed by atoms with Crippen LogP contribution in [-0.2, 0) is 11.2 Å². The van der Waals surface area contributed by atoms with Crippen LogP contribution in [0.25, 0.3) is 11.1 Å². The van der Waals surface area contributed by atoms with Crippen molar-refractivity contribution in [1.82, 2.24) is 0 Å². The van der Waals surface area contributed by atoms with Crippen molar-refractivity contribution < 1.29 is 9.53 Å². The van der Waals surface area contributed by atoms with Gasteiger partial charge in [0, 0.05) is 5.56 Å². The molecule has 2 aromatic rings. The van der Waals surface area contributed by atoms with E-state index >= 15 is 0 Å². The van der Waals surface area contributed by atoms with Crippen molar-refractivity contribution in [2.75, 3.05) is 0 Å². The van der Waals surface area contributed by atoms with E-state index in [0.29, 0.717) is 0 Å². The Morgan fingerprint density at radius 2 is 1.65 bits per heavy atom. The van der Waals surface area contributed by atoms with Gasteiger partial charge in [-0.1, -0.05) is 63.4 Å². The molecule has 26 heavy (non-hydrogen) atoms. The maximum atomic E-state index is 12.7. The number of unbranched alkanes of at least 4 members (excludes halogenated alkanes) is 2. The maximum Gasteiger partial charge on any atom is 0.318 e. The highest BCUT2D eigenvalue weighted by atomic mass is 16.5. The monoisotopic (exact) mass is 350 g/mol. The number of hydrogen-bond acceptors (Lipinski definition) is 2. The lowest BCUT2D eigenvalue weighted by Gasteiger charge is -2.21. The van der Waals surface area contributed by atoms with Gasteiger partial charge in [-0.3, -0.25) is 4.79 Å². The summed E-state index contributed by atoms with van der Waals surface area (Å²) in [6.07, 6.45) is 6.31. The zero-order chi connectivity index (χ0) is 18.7. The molecule has 1 unspecified atom stereocenters. The van der Waals surface area contributed by atoms with Crippen LogP contribution in [0.4, 0.5) is 0 Å². The second-order valence-electron chi connectivity index (χ2n) is 7.43. The predicted octanol–water partition coefficient (Wildman–Crippen LogP) is 6.51. The predicted molar refractivity (Wildman–Crippen MR) is 108 cm³/mol. The van der Waals surface area contributed by atoms with Crippen LogP contribution in [0.15, 0.2) is 30.3 Å². The molecule has 0 spiro atoms. The quantitative estimate of drug-likeness (QED) is 0.420. The Kier molecular flexibility index (Phi) is 5.80. The van der Waals surface area contributed by atoms with Crippen LogP contribution < -0.4 is 4.74 Å². The van der Waals surface area contributed by atoms with E-state index in [1.54, 1.807) is 0 Å². The largest absolute Gasteiger partial charge is 0.425 e. The van der Waals surface area contributed by atoms with E-state index in [4.69, 9.17) is 4.74 Å². The van der Waals surface area contributed by atoms with Crippen LogP contribution >= 0.6 is 0 Å². The van der Waals surface area contributed by atoms with Crippen LogP contribution in [0.5, 0.6) is 5.75 Å². The molecule has 0 fully saturated rings. The molecule has 1 atom stereocenters. The second-order valence-corrected chi connectivity index (χ2v) is 7.43. The average Bonchev–Trinajstić information content (AvgIpc) is 2.99. The molecule has 2 heteroatoms. The van der Waals surface area contributed by atoms with E-state index in [1.165, 1.54) is 27.8 Å². The summed E-state index contributed by atoms with van der Waals surface area (Å²) in [6.45, 7) is 8.66. The Morgan fingerprint density at radius 1 is 0.962 bits per heavy atom. The number of ether oxygens (including phenoxy) is 1. The Labute approximate surface area is 157 Å². The normalized spacial score (nSPS) is 15.8. The zero-order valence-corrected chi connectivity index (χ0v) is 16.5. The number of fused-ring (bicyclic) bond motifs is 1. The molecule has 1 aliphatic rings. The first kappa shape index (κ1) is 18.7. The molecule has 0 amide bonds. The number of benzene rings is 2.